The number of nitro groups is 1. The molecule has 4 atom stereocenters. The molecule has 9 nitrogen and oxygen atoms in total. The normalized spacial score (nSPS) is 24.8. The number of rotatable bonds is 7. The van der Waals surface area contributed by atoms with Gasteiger partial charge in [-0.3, -0.25) is 19.7 Å². The first-order chi connectivity index (χ1) is 16.4. The number of amides is 2. The van der Waals surface area contributed by atoms with Crippen LogP contribution in [-0.2, 0) is 16.2 Å². The molecule has 0 radical (unpaired) electrons. The summed E-state index contributed by atoms with van der Waals surface area (Å²) in [5.74, 6) is -1.08. The van der Waals surface area contributed by atoms with E-state index in [0.29, 0.717) is 5.56 Å². The molecule has 34 heavy (non-hydrogen) atoms. The first kappa shape index (κ1) is 22.3. The highest BCUT2D eigenvalue weighted by atomic mass is 79.9. The Hall–Kier alpha value is -3.53. The summed E-state index contributed by atoms with van der Waals surface area (Å²) in [7, 11) is 1.38. The molecule has 0 spiro atoms. The molecule has 2 aliphatic carbocycles. The van der Waals surface area contributed by atoms with Crippen LogP contribution in [-0.4, -0.2) is 35.1 Å². The third-order valence-corrected chi connectivity index (χ3v) is 7.07. The first-order valence-corrected chi connectivity index (χ1v) is 11.5. The minimum Gasteiger partial charge on any atom is -0.493 e. The second-order valence-corrected chi connectivity index (χ2v) is 9.39. The maximum Gasteiger partial charge on any atom is 0.315 e. The van der Waals surface area contributed by atoms with Crippen LogP contribution < -0.4 is 9.47 Å². The van der Waals surface area contributed by atoms with Crippen LogP contribution in [0.4, 0.5) is 5.69 Å². The van der Waals surface area contributed by atoms with Gasteiger partial charge in [-0.1, -0.05) is 40.2 Å². The number of nitrogens with zero attached hydrogens (tertiary/aromatic N) is 3. The molecule has 10 heteroatoms. The molecule has 0 aromatic heterocycles. The molecule has 2 aromatic rings. The van der Waals surface area contributed by atoms with Crippen molar-refractivity contribution in [3.8, 4) is 11.5 Å². The van der Waals surface area contributed by atoms with Crippen molar-refractivity contribution in [2.75, 3.05) is 7.11 Å². The SMILES string of the molecule is COc1cc(C=NN2C(=O)[C@@H]3[C@H](C2=O)[C@H]2C=C[C@H]3C2)cc([N+](=O)[O-])c1OCc1ccc(Br)cc1. The van der Waals surface area contributed by atoms with Crippen molar-refractivity contribution in [3.05, 3.63) is 74.3 Å². The third-order valence-electron chi connectivity index (χ3n) is 6.54. The summed E-state index contributed by atoms with van der Waals surface area (Å²) in [6, 6.07) is 10.2. The van der Waals surface area contributed by atoms with Crippen molar-refractivity contribution >= 4 is 39.6 Å². The standard InChI is InChI=1S/C24H20BrN3O6/c1-33-19-9-14(8-18(28(31)32)22(19)34-12-13-2-6-17(25)7-3-13)11-26-27-23(29)20-15-4-5-16(10-15)21(20)24(27)30/h2-9,11,15-16,20-21H,10,12H2,1H3/t15-,16-,20-,21+/m0/s1. The quantitative estimate of drug-likeness (QED) is 0.177. The molecular weight excluding hydrogens is 506 g/mol. The Bertz CT molecular complexity index is 1210. The molecular formula is C24H20BrN3O6. The predicted molar refractivity (Wildman–Crippen MR) is 125 cm³/mol. The Labute approximate surface area is 203 Å². The lowest BCUT2D eigenvalue weighted by Crippen LogP contribution is -2.28. The Morgan fingerprint density at radius 1 is 1.15 bits per heavy atom. The van der Waals surface area contributed by atoms with E-state index >= 15 is 0 Å². The molecule has 2 aromatic carbocycles. The van der Waals surface area contributed by atoms with E-state index in [9.17, 15) is 19.7 Å². The number of methoxy groups -OCH3 is 1. The topological polar surface area (TPSA) is 111 Å². The molecule has 2 bridgehead atoms. The number of hydrogen-bond donors (Lipinski definition) is 0. The van der Waals surface area contributed by atoms with Gasteiger partial charge in [0, 0.05) is 16.1 Å². The second-order valence-electron chi connectivity index (χ2n) is 8.48. The Morgan fingerprint density at radius 3 is 2.38 bits per heavy atom. The molecule has 2 amide bonds. The number of hydrogen-bond acceptors (Lipinski definition) is 7. The highest BCUT2D eigenvalue weighted by Crippen LogP contribution is 2.52. The lowest BCUT2D eigenvalue weighted by molar-refractivity contribution is -0.386. The van der Waals surface area contributed by atoms with Gasteiger partial charge in [-0.2, -0.15) is 10.1 Å². The molecule has 0 N–H and O–H groups in total. The van der Waals surface area contributed by atoms with E-state index in [0.717, 1.165) is 21.5 Å². The zero-order chi connectivity index (χ0) is 24.0. The van der Waals surface area contributed by atoms with Crippen molar-refractivity contribution in [1.29, 1.82) is 0 Å². The molecule has 2 fully saturated rings. The van der Waals surface area contributed by atoms with Gasteiger partial charge in [0.15, 0.2) is 5.75 Å². The summed E-state index contributed by atoms with van der Waals surface area (Å²) >= 11 is 3.36. The summed E-state index contributed by atoms with van der Waals surface area (Å²) in [4.78, 5) is 36.8. The van der Waals surface area contributed by atoms with Crippen LogP contribution in [0.1, 0.15) is 17.5 Å². The molecule has 1 aliphatic heterocycles. The molecule has 1 saturated carbocycles. The minimum atomic E-state index is -0.573. The van der Waals surface area contributed by atoms with Crippen LogP contribution in [0.5, 0.6) is 11.5 Å². The van der Waals surface area contributed by atoms with E-state index in [-0.39, 0.29) is 59.3 Å². The van der Waals surface area contributed by atoms with Crippen molar-refractivity contribution in [3.63, 3.8) is 0 Å². The number of imide groups is 1. The fraction of sp³-hybridized carbons (Fsp3) is 0.292. The monoisotopic (exact) mass is 525 g/mol. The van der Waals surface area contributed by atoms with Crippen LogP contribution in [0.25, 0.3) is 0 Å². The van der Waals surface area contributed by atoms with Gasteiger partial charge in [-0.05, 0) is 42.0 Å². The van der Waals surface area contributed by atoms with E-state index in [4.69, 9.17) is 9.47 Å². The van der Waals surface area contributed by atoms with Gasteiger partial charge < -0.3 is 9.47 Å². The van der Waals surface area contributed by atoms with Gasteiger partial charge in [0.05, 0.1) is 30.1 Å². The average molecular weight is 526 g/mol. The van der Waals surface area contributed by atoms with Crippen LogP contribution >= 0.6 is 15.9 Å². The van der Waals surface area contributed by atoms with E-state index in [1.54, 1.807) is 0 Å². The fourth-order valence-electron chi connectivity index (χ4n) is 4.98. The Morgan fingerprint density at radius 2 is 1.79 bits per heavy atom. The largest absolute Gasteiger partial charge is 0.493 e. The smallest absolute Gasteiger partial charge is 0.315 e. The van der Waals surface area contributed by atoms with Crippen LogP contribution in [0.3, 0.4) is 0 Å². The van der Waals surface area contributed by atoms with Crippen molar-refractivity contribution in [2.45, 2.75) is 13.0 Å². The molecule has 0 unspecified atom stereocenters. The Balaban J connectivity index is 1.39. The van der Waals surface area contributed by atoms with Gasteiger partial charge in [-0.25, -0.2) is 0 Å². The summed E-state index contributed by atoms with van der Waals surface area (Å²) in [5, 5.41) is 16.8. The van der Waals surface area contributed by atoms with Crippen LogP contribution in [0.15, 0.2) is 58.1 Å². The summed E-state index contributed by atoms with van der Waals surface area (Å²) in [5.41, 5.74) is 0.819. The van der Waals surface area contributed by atoms with E-state index < -0.39 is 4.92 Å². The summed E-state index contributed by atoms with van der Waals surface area (Å²) < 4.78 is 12.0. The molecule has 174 valence electrons. The summed E-state index contributed by atoms with van der Waals surface area (Å²) in [6.45, 7) is 0.105. The molecule has 5 rings (SSSR count). The number of allylic oxidation sites excluding steroid dienone is 2. The number of fused-ring (bicyclic) bond motifs is 5. The van der Waals surface area contributed by atoms with Gasteiger partial charge in [0.2, 0.25) is 5.75 Å². The number of carbonyl (C=O) groups is 2. The van der Waals surface area contributed by atoms with Gasteiger partial charge in [-0.15, -0.1) is 0 Å². The zero-order valence-corrected chi connectivity index (χ0v) is 19.7. The van der Waals surface area contributed by atoms with Crippen LogP contribution in [0, 0.1) is 33.8 Å². The summed E-state index contributed by atoms with van der Waals surface area (Å²) in [6.07, 6.45) is 6.10. The predicted octanol–water partition coefficient (Wildman–Crippen LogP) is 4.09. The maximum atomic E-state index is 12.8. The zero-order valence-electron chi connectivity index (χ0n) is 18.1. The maximum absolute atomic E-state index is 12.8. The molecule has 3 aliphatic rings. The van der Waals surface area contributed by atoms with Crippen molar-refractivity contribution < 1.29 is 24.0 Å². The third kappa shape index (κ3) is 3.77. The number of benzene rings is 2. The number of halogens is 1. The van der Waals surface area contributed by atoms with E-state index in [2.05, 4.69) is 21.0 Å². The van der Waals surface area contributed by atoms with Crippen molar-refractivity contribution in [1.82, 2.24) is 5.01 Å². The van der Waals surface area contributed by atoms with Gasteiger partial charge >= 0.3 is 5.69 Å². The lowest BCUT2D eigenvalue weighted by Gasteiger charge is -2.13. The number of nitro benzene ring substituents is 1. The highest BCUT2D eigenvalue weighted by molar-refractivity contribution is 9.10. The van der Waals surface area contributed by atoms with Gasteiger partial charge in [0.25, 0.3) is 11.8 Å². The lowest BCUT2D eigenvalue weighted by atomic mass is 9.85. The molecule has 1 heterocycles. The number of hydrazone groups is 1. The average Bonchev–Trinajstić information content (AvgIpc) is 3.51. The number of carbonyl (C=O) groups excluding carboxylic acids is 2. The number of ether oxygens (including phenoxy) is 2. The Kier molecular flexibility index (Phi) is 5.68. The van der Waals surface area contributed by atoms with Crippen LogP contribution in [0.2, 0.25) is 0 Å². The fourth-order valence-corrected chi connectivity index (χ4v) is 5.24. The first-order valence-electron chi connectivity index (χ1n) is 10.7. The molecule has 1 saturated heterocycles. The van der Waals surface area contributed by atoms with E-state index in [1.165, 1.54) is 25.5 Å². The van der Waals surface area contributed by atoms with Crippen molar-refractivity contribution in [2.24, 2.45) is 28.8 Å². The highest BCUT2D eigenvalue weighted by Gasteiger charge is 2.59. The minimum absolute atomic E-state index is 0.0157. The van der Waals surface area contributed by atoms with Gasteiger partial charge in [0.1, 0.15) is 6.61 Å². The second kappa shape index (κ2) is 8.68. The van der Waals surface area contributed by atoms with E-state index in [1.807, 2.05) is 36.4 Å².